The minimum atomic E-state index is 0.399. The maximum atomic E-state index is 8.84. The molecule has 0 unspecified atom stereocenters. The van der Waals surface area contributed by atoms with Crippen molar-refractivity contribution in [2.75, 3.05) is 13.1 Å². The van der Waals surface area contributed by atoms with Crippen LogP contribution in [0.2, 0.25) is 0 Å². The van der Waals surface area contributed by atoms with Crippen LogP contribution in [0.4, 0.5) is 0 Å². The van der Waals surface area contributed by atoms with E-state index in [-0.39, 0.29) is 0 Å². The Morgan fingerprint density at radius 3 is 3.00 bits per heavy atom. The molecule has 21 heavy (non-hydrogen) atoms. The summed E-state index contributed by atoms with van der Waals surface area (Å²) in [6.45, 7) is 4.07. The third-order valence-corrected chi connectivity index (χ3v) is 4.48. The number of likely N-dealkylation sites (tertiary alicyclic amines) is 1. The topological polar surface area (TPSA) is 62.7 Å². The van der Waals surface area contributed by atoms with Crippen LogP contribution >= 0.6 is 0 Å². The van der Waals surface area contributed by atoms with E-state index in [0.717, 1.165) is 32.6 Å². The van der Waals surface area contributed by atoms with Gasteiger partial charge in [-0.3, -0.25) is 9.58 Å². The van der Waals surface area contributed by atoms with Crippen LogP contribution in [-0.4, -0.2) is 37.3 Å². The van der Waals surface area contributed by atoms with E-state index in [1.54, 1.807) is 6.20 Å². The predicted octanol–water partition coefficient (Wildman–Crippen LogP) is 1.34. The number of aromatic nitrogens is 4. The Bertz CT molecular complexity index is 685. The molecule has 0 saturated carbocycles. The SMILES string of the molecule is N#Cc1cnn(C2CN(Cc3cnc4n3CCCC4)C2)c1. The summed E-state index contributed by atoms with van der Waals surface area (Å²) < 4.78 is 4.30. The van der Waals surface area contributed by atoms with Crippen LogP contribution in [0.25, 0.3) is 0 Å². The lowest BCUT2D eigenvalue weighted by atomic mass is 10.1. The Balaban J connectivity index is 1.38. The first kappa shape index (κ1) is 12.6. The molecule has 1 fully saturated rings. The van der Waals surface area contributed by atoms with Crippen LogP contribution in [0.3, 0.4) is 0 Å². The summed E-state index contributed by atoms with van der Waals surface area (Å²) in [5.41, 5.74) is 1.97. The molecule has 108 valence electrons. The van der Waals surface area contributed by atoms with E-state index in [9.17, 15) is 0 Å². The molecule has 4 heterocycles. The molecule has 0 aromatic carbocycles. The Kier molecular flexibility index (Phi) is 3.00. The van der Waals surface area contributed by atoms with E-state index >= 15 is 0 Å². The Morgan fingerprint density at radius 1 is 1.29 bits per heavy atom. The minimum absolute atomic E-state index is 0.399. The van der Waals surface area contributed by atoms with Gasteiger partial charge in [0.15, 0.2) is 0 Å². The average Bonchev–Trinajstić information content (AvgIpc) is 3.09. The van der Waals surface area contributed by atoms with Crippen molar-refractivity contribution in [3.63, 3.8) is 0 Å². The monoisotopic (exact) mass is 282 g/mol. The Hall–Kier alpha value is -2.13. The number of hydrogen-bond donors (Lipinski definition) is 0. The third-order valence-electron chi connectivity index (χ3n) is 4.48. The van der Waals surface area contributed by atoms with Crippen LogP contribution in [0, 0.1) is 11.3 Å². The maximum Gasteiger partial charge on any atom is 0.108 e. The fourth-order valence-electron chi connectivity index (χ4n) is 3.27. The molecule has 0 N–H and O–H groups in total. The first-order valence-electron chi connectivity index (χ1n) is 7.53. The molecule has 2 aliphatic rings. The molecule has 6 nitrogen and oxygen atoms in total. The van der Waals surface area contributed by atoms with Crippen molar-refractivity contribution in [3.8, 4) is 6.07 Å². The van der Waals surface area contributed by atoms with E-state index in [2.05, 4.69) is 25.6 Å². The van der Waals surface area contributed by atoms with Gasteiger partial charge in [0.05, 0.1) is 23.5 Å². The van der Waals surface area contributed by atoms with E-state index < -0.39 is 0 Å². The highest BCUT2D eigenvalue weighted by molar-refractivity contribution is 5.22. The molecule has 6 heteroatoms. The fourth-order valence-corrected chi connectivity index (χ4v) is 3.27. The van der Waals surface area contributed by atoms with Gasteiger partial charge >= 0.3 is 0 Å². The van der Waals surface area contributed by atoms with Gasteiger partial charge in [-0.2, -0.15) is 10.4 Å². The highest BCUT2D eigenvalue weighted by Crippen LogP contribution is 2.24. The number of imidazole rings is 1. The zero-order valence-corrected chi connectivity index (χ0v) is 11.9. The minimum Gasteiger partial charge on any atom is -0.331 e. The lowest BCUT2D eigenvalue weighted by molar-refractivity contribution is 0.0880. The van der Waals surface area contributed by atoms with Gasteiger partial charge in [0.2, 0.25) is 0 Å². The van der Waals surface area contributed by atoms with Gasteiger partial charge in [0.25, 0.3) is 0 Å². The van der Waals surface area contributed by atoms with Crippen molar-refractivity contribution in [1.82, 2.24) is 24.2 Å². The summed E-state index contributed by atoms with van der Waals surface area (Å²) >= 11 is 0. The molecular weight excluding hydrogens is 264 g/mol. The molecule has 2 aromatic heterocycles. The number of fused-ring (bicyclic) bond motifs is 1. The summed E-state index contributed by atoms with van der Waals surface area (Å²) in [6.07, 6.45) is 9.16. The second kappa shape index (κ2) is 5.01. The standard InChI is InChI=1S/C15H18N6/c16-5-12-6-18-21(8-12)14-10-19(11-14)9-13-7-17-15-3-1-2-4-20(13)15/h6-8,14H,1-4,9-11H2. The molecule has 2 aliphatic heterocycles. The largest absolute Gasteiger partial charge is 0.331 e. The van der Waals surface area contributed by atoms with Crippen molar-refractivity contribution in [3.05, 3.63) is 35.7 Å². The molecule has 0 bridgehead atoms. The predicted molar refractivity (Wildman–Crippen MR) is 76.4 cm³/mol. The summed E-state index contributed by atoms with van der Waals surface area (Å²) in [5.74, 6) is 1.25. The zero-order chi connectivity index (χ0) is 14.2. The van der Waals surface area contributed by atoms with Gasteiger partial charge in [0, 0.05) is 45.0 Å². The summed E-state index contributed by atoms with van der Waals surface area (Å²) in [5, 5.41) is 13.1. The average molecular weight is 282 g/mol. The number of hydrogen-bond acceptors (Lipinski definition) is 4. The lowest BCUT2D eigenvalue weighted by Crippen LogP contribution is -2.47. The van der Waals surface area contributed by atoms with Crippen molar-refractivity contribution in [2.45, 2.75) is 38.4 Å². The molecule has 0 atom stereocenters. The van der Waals surface area contributed by atoms with Crippen LogP contribution in [0.1, 0.15) is 36.0 Å². The molecule has 0 spiro atoms. The van der Waals surface area contributed by atoms with Crippen LogP contribution in [0.15, 0.2) is 18.6 Å². The first-order chi connectivity index (χ1) is 10.3. The second-order valence-corrected chi connectivity index (χ2v) is 5.94. The Labute approximate surface area is 123 Å². The number of rotatable bonds is 3. The quantitative estimate of drug-likeness (QED) is 0.852. The normalized spacial score (nSPS) is 19.0. The van der Waals surface area contributed by atoms with Crippen molar-refractivity contribution < 1.29 is 0 Å². The summed E-state index contributed by atoms with van der Waals surface area (Å²) in [6, 6.07) is 2.52. The van der Waals surface area contributed by atoms with E-state index in [1.807, 2.05) is 17.1 Å². The van der Waals surface area contributed by atoms with Crippen LogP contribution < -0.4 is 0 Å². The van der Waals surface area contributed by atoms with Gasteiger partial charge < -0.3 is 4.57 Å². The molecule has 0 aliphatic carbocycles. The number of aryl methyl sites for hydroxylation is 1. The van der Waals surface area contributed by atoms with Crippen molar-refractivity contribution in [1.29, 1.82) is 5.26 Å². The second-order valence-electron chi connectivity index (χ2n) is 5.94. The lowest BCUT2D eigenvalue weighted by Gasteiger charge is -2.39. The van der Waals surface area contributed by atoms with Crippen molar-refractivity contribution in [2.24, 2.45) is 0 Å². The third kappa shape index (κ3) is 2.24. The van der Waals surface area contributed by atoms with E-state index in [1.165, 1.54) is 24.4 Å². The van der Waals surface area contributed by atoms with Gasteiger partial charge in [-0.15, -0.1) is 0 Å². The molecule has 0 amide bonds. The highest BCUT2D eigenvalue weighted by atomic mass is 15.4. The van der Waals surface area contributed by atoms with E-state index in [0.29, 0.717) is 11.6 Å². The van der Waals surface area contributed by atoms with Gasteiger partial charge in [-0.25, -0.2) is 4.98 Å². The maximum absolute atomic E-state index is 8.84. The van der Waals surface area contributed by atoms with Gasteiger partial charge in [-0.1, -0.05) is 0 Å². The fraction of sp³-hybridized carbons (Fsp3) is 0.533. The van der Waals surface area contributed by atoms with E-state index in [4.69, 9.17) is 5.26 Å². The first-order valence-corrected chi connectivity index (χ1v) is 7.53. The molecular formula is C15H18N6. The molecule has 4 rings (SSSR count). The summed E-state index contributed by atoms with van der Waals surface area (Å²) in [4.78, 5) is 6.96. The van der Waals surface area contributed by atoms with Gasteiger partial charge in [0.1, 0.15) is 11.9 Å². The van der Waals surface area contributed by atoms with Crippen molar-refractivity contribution >= 4 is 0 Å². The number of nitriles is 1. The molecule has 1 saturated heterocycles. The Morgan fingerprint density at radius 2 is 2.19 bits per heavy atom. The smallest absolute Gasteiger partial charge is 0.108 e. The van der Waals surface area contributed by atoms with Crippen LogP contribution in [-0.2, 0) is 19.5 Å². The van der Waals surface area contributed by atoms with Gasteiger partial charge in [-0.05, 0) is 12.8 Å². The highest BCUT2D eigenvalue weighted by Gasteiger charge is 2.29. The zero-order valence-electron chi connectivity index (χ0n) is 11.9. The summed E-state index contributed by atoms with van der Waals surface area (Å²) in [7, 11) is 0. The van der Waals surface area contributed by atoms with Crippen LogP contribution in [0.5, 0.6) is 0 Å². The number of nitrogens with zero attached hydrogens (tertiary/aromatic N) is 6. The molecule has 2 aromatic rings. The molecule has 0 radical (unpaired) electrons.